The second-order valence-electron chi connectivity index (χ2n) is 3.85. The van der Waals surface area contributed by atoms with Gasteiger partial charge in [-0.3, -0.25) is 9.69 Å². The van der Waals surface area contributed by atoms with Crippen molar-refractivity contribution in [2.75, 3.05) is 33.3 Å². The molecule has 0 bridgehead atoms. The van der Waals surface area contributed by atoms with Gasteiger partial charge in [0.1, 0.15) is 6.61 Å². The average molecular weight is 230 g/mol. The molecule has 1 fully saturated rings. The Morgan fingerprint density at radius 2 is 2.06 bits per heavy atom. The van der Waals surface area contributed by atoms with Crippen LogP contribution in [0.2, 0.25) is 0 Å². The minimum atomic E-state index is -0.937. The van der Waals surface area contributed by atoms with Gasteiger partial charge in [0.15, 0.2) is 0 Å². The van der Waals surface area contributed by atoms with Crippen LogP contribution in [0.3, 0.4) is 0 Å². The highest BCUT2D eigenvalue weighted by Gasteiger charge is 2.21. The number of ether oxygens (including phenoxy) is 1. The summed E-state index contributed by atoms with van der Waals surface area (Å²) in [6, 6.07) is 0. The third kappa shape index (κ3) is 4.59. The first kappa shape index (κ1) is 12.9. The molecule has 92 valence electrons. The van der Waals surface area contributed by atoms with Crippen molar-refractivity contribution in [2.24, 2.45) is 0 Å². The lowest BCUT2D eigenvalue weighted by atomic mass is 10.1. The van der Waals surface area contributed by atoms with E-state index >= 15 is 0 Å². The van der Waals surface area contributed by atoms with Crippen LogP contribution in [0.4, 0.5) is 0 Å². The number of likely N-dealkylation sites (tertiary alicyclic amines) is 1. The lowest BCUT2D eigenvalue weighted by molar-refractivity contribution is -0.145. The number of hydrogen-bond donors (Lipinski definition) is 2. The predicted molar refractivity (Wildman–Crippen MR) is 57.1 cm³/mol. The molecule has 0 aromatic rings. The molecule has 1 amide bonds. The molecule has 0 unspecified atom stereocenters. The monoisotopic (exact) mass is 230 g/mol. The Kier molecular flexibility index (Phi) is 5.21. The Morgan fingerprint density at radius 3 is 2.56 bits per heavy atom. The first-order valence-electron chi connectivity index (χ1n) is 5.38. The van der Waals surface area contributed by atoms with E-state index in [0.717, 1.165) is 25.9 Å². The summed E-state index contributed by atoms with van der Waals surface area (Å²) in [6.45, 7) is 1.72. The van der Waals surface area contributed by atoms with Crippen LogP contribution >= 0.6 is 0 Å². The highest BCUT2D eigenvalue weighted by atomic mass is 16.5. The number of carboxylic acids is 1. The summed E-state index contributed by atoms with van der Waals surface area (Å²) in [6.07, 6.45) is 1.58. The molecule has 2 N–H and O–H groups in total. The second-order valence-corrected chi connectivity index (χ2v) is 3.85. The van der Waals surface area contributed by atoms with E-state index in [1.54, 1.807) is 7.05 Å². The van der Waals surface area contributed by atoms with Gasteiger partial charge >= 0.3 is 5.97 Å². The fraction of sp³-hybridized carbons (Fsp3) is 0.800. The number of aliphatic carboxylic acids is 1. The van der Waals surface area contributed by atoms with Gasteiger partial charge in [-0.25, -0.2) is 4.79 Å². The number of carbonyl (C=O) groups is 2. The molecule has 0 spiro atoms. The molecule has 0 aromatic carbocycles. The standard InChI is InChI=1S/C10H18N2O4/c1-11-9(13)6-12-4-2-8(3-5-12)16-7-10(14)15/h8H,2-7H2,1H3,(H,11,13)(H,14,15). The van der Waals surface area contributed by atoms with Crippen LogP contribution in [0, 0.1) is 0 Å². The summed E-state index contributed by atoms with van der Waals surface area (Å²) in [7, 11) is 1.62. The first-order valence-corrected chi connectivity index (χ1v) is 5.38. The van der Waals surface area contributed by atoms with Gasteiger partial charge in [0.2, 0.25) is 5.91 Å². The van der Waals surface area contributed by atoms with Gasteiger partial charge in [0, 0.05) is 20.1 Å². The molecule has 6 nitrogen and oxygen atoms in total. The Balaban J connectivity index is 2.18. The van der Waals surface area contributed by atoms with Crippen LogP contribution in [0.1, 0.15) is 12.8 Å². The molecule has 1 aliphatic rings. The van der Waals surface area contributed by atoms with Gasteiger partial charge in [-0.05, 0) is 12.8 Å². The van der Waals surface area contributed by atoms with E-state index in [9.17, 15) is 9.59 Å². The van der Waals surface area contributed by atoms with Crippen molar-refractivity contribution in [1.82, 2.24) is 10.2 Å². The van der Waals surface area contributed by atoms with E-state index in [1.165, 1.54) is 0 Å². The maximum Gasteiger partial charge on any atom is 0.329 e. The Hall–Kier alpha value is -1.14. The number of piperidine rings is 1. The van der Waals surface area contributed by atoms with Crippen LogP contribution < -0.4 is 5.32 Å². The van der Waals surface area contributed by atoms with Gasteiger partial charge in [0.05, 0.1) is 12.6 Å². The van der Waals surface area contributed by atoms with Gasteiger partial charge in [0.25, 0.3) is 0 Å². The van der Waals surface area contributed by atoms with Gasteiger partial charge in [-0.2, -0.15) is 0 Å². The van der Waals surface area contributed by atoms with Crippen molar-refractivity contribution in [2.45, 2.75) is 18.9 Å². The fourth-order valence-electron chi connectivity index (χ4n) is 1.71. The van der Waals surface area contributed by atoms with E-state index in [0.29, 0.717) is 6.54 Å². The summed E-state index contributed by atoms with van der Waals surface area (Å²) in [5.41, 5.74) is 0. The number of rotatable bonds is 5. The molecule has 0 atom stereocenters. The average Bonchev–Trinajstić information content (AvgIpc) is 2.28. The van der Waals surface area contributed by atoms with Gasteiger partial charge in [-0.15, -0.1) is 0 Å². The van der Waals surface area contributed by atoms with Crippen molar-refractivity contribution in [3.63, 3.8) is 0 Å². The second kappa shape index (κ2) is 6.44. The molecule has 0 saturated carbocycles. The Morgan fingerprint density at radius 1 is 1.44 bits per heavy atom. The molecule has 1 aliphatic heterocycles. The van der Waals surface area contributed by atoms with Crippen LogP contribution in [0.5, 0.6) is 0 Å². The number of nitrogens with zero attached hydrogens (tertiary/aromatic N) is 1. The molecule has 1 saturated heterocycles. The number of hydrogen-bond acceptors (Lipinski definition) is 4. The Bertz CT molecular complexity index is 249. The highest BCUT2D eigenvalue weighted by Crippen LogP contribution is 2.13. The zero-order valence-electron chi connectivity index (χ0n) is 9.44. The maximum atomic E-state index is 11.1. The molecule has 6 heteroatoms. The summed E-state index contributed by atoms with van der Waals surface area (Å²) in [4.78, 5) is 23.5. The van der Waals surface area contributed by atoms with Crippen molar-refractivity contribution in [1.29, 1.82) is 0 Å². The molecular weight excluding hydrogens is 212 g/mol. The number of nitrogens with one attached hydrogen (secondary N) is 1. The summed E-state index contributed by atoms with van der Waals surface area (Å²) in [5.74, 6) is -0.933. The molecule has 0 radical (unpaired) electrons. The third-order valence-electron chi connectivity index (χ3n) is 2.62. The van der Waals surface area contributed by atoms with E-state index in [2.05, 4.69) is 5.32 Å². The molecule has 1 rings (SSSR count). The summed E-state index contributed by atoms with van der Waals surface area (Å²) >= 11 is 0. The number of carboxylic acid groups (broad SMARTS) is 1. The molecular formula is C10H18N2O4. The van der Waals surface area contributed by atoms with Crippen LogP contribution in [-0.2, 0) is 14.3 Å². The number of carbonyl (C=O) groups excluding carboxylic acids is 1. The number of likely N-dealkylation sites (N-methyl/N-ethyl adjacent to an activating group) is 1. The minimum absolute atomic E-state index is 0.00454. The first-order chi connectivity index (χ1) is 7.61. The largest absolute Gasteiger partial charge is 0.480 e. The summed E-state index contributed by atoms with van der Waals surface area (Å²) in [5, 5.41) is 11.0. The van der Waals surface area contributed by atoms with Gasteiger partial charge in [-0.1, -0.05) is 0 Å². The quantitative estimate of drug-likeness (QED) is 0.653. The molecule has 16 heavy (non-hydrogen) atoms. The number of amides is 1. The van der Waals surface area contributed by atoms with E-state index in [-0.39, 0.29) is 18.6 Å². The smallest absolute Gasteiger partial charge is 0.329 e. The van der Waals surface area contributed by atoms with Crippen molar-refractivity contribution in [3.05, 3.63) is 0 Å². The fourth-order valence-corrected chi connectivity index (χ4v) is 1.71. The zero-order chi connectivity index (χ0) is 12.0. The van der Waals surface area contributed by atoms with Crippen molar-refractivity contribution < 1.29 is 19.4 Å². The van der Waals surface area contributed by atoms with Crippen LogP contribution in [0.15, 0.2) is 0 Å². The van der Waals surface area contributed by atoms with E-state index in [1.807, 2.05) is 4.90 Å². The molecule has 0 aliphatic carbocycles. The minimum Gasteiger partial charge on any atom is -0.480 e. The van der Waals surface area contributed by atoms with Crippen LogP contribution in [0.25, 0.3) is 0 Å². The van der Waals surface area contributed by atoms with Gasteiger partial charge < -0.3 is 15.2 Å². The topological polar surface area (TPSA) is 78.9 Å². The van der Waals surface area contributed by atoms with Crippen molar-refractivity contribution >= 4 is 11.9 Å². The van der Waals surface area contributed by atoms with E-state index < -0.39 is 5.97 Å². The molecule has 0 aromatic heterocycles. The highest BCUT2D eigenvalue weighted by molar-refractivity contribution is 5.77. The van der Waals surface area contributed by atoms with Crippen molar-refractivity contribution in [3.8, 4) is 0 Å². The third-order valence-corrected chi connectivity index (χ3v) is 2.62. The van der Waals surface area contributed by atoms with E-state index in [4.69, 9.17) is 9.84 Å². The normalized spacial score (nSPS) is 18.3. The zero-order valence-corrected chi connectivity index (χ0v) is 9.44. The lowest BCUT2D eigenvalue weighted by Gasteiger charge is -2.30. The molecule has 1 heterocycles. The lowest BCUT2D eigenvalue weighted by Crippen LogP contribution is -2.42. The predicted octanol–water partition coefficient (Wildman–Crippen LogP) is -0.702. The van der Waals surface area contributed by atoms with Crippen LogP contribution in [-0.4, -0.2) is 61.3 Å². The maximum absolute atomic E-state index is 11.1. The summed E-state index contributed by atoms with van der Waals surface area (Å²) < 4.78 is 5.20. The SMILES string of the molecule is CNC(=O)CN1CCC(OCC(=O)O)CC1. The Labute approximate surface area is 94.6 Å².